The number of para-hydroxylation sites is 1. The predicted octanol–water partition coefficient (Wildman–Crippen LogP) is 3.83. The maximum absolute atomic E-state index is 13.5. The summed E-state index contributed by atoms with van der Waals surface area (Å²) in [7, 11) is 0. The highest BCUT2D eigenvalue weighted by molar-refractivity contribution is 6.02. The molecule has 0 bridgehead atoms. The van der Waals surface area contributed by atoms with Gasteiger partial charge < -0.3 is 9.52 Å². The van der Waals surface area contributed by atoms with E-state index in [9.17, 15) is 19.5 Å². The van der Waals surface area contributed by atoms with Gasteiger partial charge >= 0.3 is 5.63 Å². The fourth-order valence-corrected chi connectivity index (χ4v) is 3.55. The van der Waals surface area contributed by atoms with Crippen LogP contribution < -0.4 is 11.2 Å². The molecule has 0 aliphatic carbocycles. The molecule has 0 amide bonds. The van der Waals surface area contributed by atoms with E-state index in [0.29, 0.717) is 16.9 Å². The lowest BCUT2D eigenvalue weighted by atomic mass is 10.0. The molecule has 0 unspecified atom stereocenters. The molecule has 0 radical (unpaired) electrons. The standard InChI is InChI=1S/C23H17NO5/c1-13-19(15-9-5-3-6-10-15)24(16-11-7-4-8-12-16)22(27)18-20(26)17(14(2)25)23(28)29-21(13)18/h3-12,26H,1-2H3. The topological polar surface area (TPSA) is 89.5 Å². The van der Waals surface area contributed by atoms with Gasteiger partial charge in [0.1, 0.15) is 16.7 Å². The first-order valence-corrected chi connectivity index (χ1v) is 8.99. The Hall–Kier alpha value is -3.93. The van der Waals surface area contributed by atoms with Crippen LogP contribution in [0.5, 0.6) is 5.75 Å². The van der Waals surface area contributed by atoms with Crippen LogP contribution in [0.25, 0.3) is 27.9 Å². The molecule has 2 aromatic heterocycles. The zero-order chi connectivity index (χ0) is 20.7. The van der Waals surface area contributed by atoms with Gasteiger partial charge in [-0.2, -0.15) is 0 Å². The van der Waals surface area contributed by atoms with Crippen LogP contribution in [-0.4, -0.2) is 15.5 Å². The molecule has 1 N–H and O–H groups in total. The Morgan fingerprint density at radius 1 is 0.966 bits per heavy atom. The van der Waals surface area contributed by atoms with E-state index in [-0.39, 0.29) is 11.0 Å². The van der Waals surface area contributed by atoms with Gasteiger partial charge in [0.05, 0.1) is 5.69 Å². The van der Waals surface area contributed by atoms with Crippen molar-refractivity contribution in [3.63, 3.8) is 0 Å². The summed E-state index contributed by atoms with van der Waals surface area (Å²) in [4.78, 5) is 37.7. The van der Waals surface area contributed by atoms with Gasteiger partial charge in [0.2, 0.25) is 0 Å². The lowest BCUT2D eigenvalue weighted by Crippen LogP contribution is -2.24. The summed E-state index contributed by atoms with van der Waals surface area (Å²) in [6.45, 7) is 2.85. The first kappa shape index (κ1) is 18.4. The number of carbonyl (C=O) groups is 1. The van der Waals surface area contributed by atoms with Crippen LogP contribution >= 0.6 is 0 Å². The summed E-state index contributed by atoms with van der Waals surface area (Å²) < 4.78 is 6.80. The summed E-state index contributed by atoms with van der Waals surface area (Å²) >= 11 is 0. The van der Waals surface area contributed by atoms with Crippen molar-refractivity contribution >= 4 is 16.8 Å². The Morgan fingerprint density at radius 3 is 2.14 bits per heavy atom. The Morgan fingerprint density at radius 2 is 1.55 bits per heavy atom. The molecule has 0 saturated heterocycles. The van der Waals surface area contributed by atoms with Gasteiger partial charge in [-0.05, 0) is 31.5 Å². The quantitative estimate of drug-likeness (QED) is 0.540. The third kappa shape index (κ3) is 2.86. The molecule has 0 saturated carbocycles. The largest absolute Gasteiger partial charge is 0.506 e. The second-order valence-corrected chi connectivity index (χ2v) is 6.69. The van der Waals surface area contributed by atoms with E-state index in [1.54, 1.807) is 31.2 Å². The number of aryl methyl sites for hydroxylation is 1. The molecule has 0 aliphatic heterocycles. The first-order chi connectivity index (χ1) is 13.9. The molecule has 2 heterocycles. The van der Waals surface area contributed by atoms with Crippen LogP contribution in [0.3, 0.4) is 0 Å². The van der Waals surface area contributed by atoms with Crippen LogP contribution in [0, 0.1) is 6.92 Å². The second kappa shape index (κ2) is 6.91. The van der Waals surface area contributed by atoms with Crippen molar-refractivity contribution in [1.82, 2.24) is 4.57 Å². The third-order valence-corrected chi connectivity index (χ3v) is 4.85. The number of carbonyl (C=O) groups excluding carboxylic acids is 1. The molecule has 0 spiro atoms. The van der Waals surface area contributed by atoms with Gasteiger partial charge in [-0.3, -0.25) is 14.2 Å². The molecule has 29 heavy (non-hydrogen) atoms. The fourth-order valence-electron chi connectivity index (χ4n) is 3.55. The van der Waals surface area contributed by atoms with E-state index in [0.717, 1.165) is 12.5 Å². The van der Waals surface area contributed by atoms with Crippen molar-refractivity contribution in [1.29, 1.82) is 0 Å². The molecule has 0 atom stereocenters. The zero-order valence-electron chi connectivity index (χ0n) is 15.8. The normalized spacial score (nSPS) is 11.0. The number of fused-ring (bicyclic) bond motifs is 1. The number of nitrogens with zero attached hydrogens (tertiary/aromatic N) is 1. The van der Waals surface area contributed by atoms with E-state index < -0.39 is 28.3 Å². The Bertz CT molecular complexity index is 1370. The minimum absolute atomic E-state index is 0.0338. The lowest BCUT2D eigenvalue weighted by molar-refractivity contribution is 0.101. The highest BCUT2D eigenvalue weighted by Crippen LogP contribution is 2.33. The SMILES string of the molecule is CC(=O)c1c(O)c2c(=O)n(-c3ccccc3)c(-c3ccccc3)c(C)c2oc1=O. The summed E-state index contributed by atoms with van der Waals surface area (Å²) in [6, 6.07) is 18.2. The Balaban J connectivity index is 2.28. The number of aromatic nitrogens is 1. The zero-order valence-corrected chi connectivity index (χ0v) is 15.8. The summed E-state index contributed by atoms with van der Waals surface area (Å²) in [5.41, 5.74) is 0.238. The number of rotatable bonds is 3. The molecule has 0 aliphatic rings. The number of benzene rings is 2. The molecule has 0 fully saturated rings. The Labute approximate surface area is 165 Å². The molecule has 6 heteroatoms. The molecule has 6 nitrogen and oxygen atoms in total. The summed E-state index contributed by atoms with van der Waals surface area (Å²) in [5, 5.41) is 10.4. The molecular formula is C23H17NO5. The van der Waals surface area contributed by atoms with Crippen molar-refractivity contribution in [3.8, 4) is 22.7 Å². The predicted molar refractivity (Wildman–Crippen MR) is 110 cm³/mol. The number of hydrogen-bond donors (Lipinski definition) is 1. The van der Waals surface area contributed by atoms with Gasteiger partial charge in [0.15, 0.2) is 11.4 Å². The van der Waals surface area contributed by atoms with Gasteiger partial charge in [-0.25, -0.2) is 4.79 Å². The fraction of sp³-hybridized carbons (Fsp3) is 0.0870. The van der Waals surface area contributed by atoms with E-state index in [2.05, 4.69) is 0 Å². The van der Waals surface area contributed by atoms with Crippen molar-refractivity contribution in [2.45, 2.75) is 13.8 Å². The van der Waals surface area contributed by atoms with Gasteiger partial charge in [0, 0.05) is 11.3 Å². The van der Waals surface area contributed by atoms with Crippen LogP contribution in [0.4, 0.5) is 0 Å². The molecule has 144 valence electrons. The molecule has 2 aromatic carbocycles. The molecule has 4 rings (SSSR count). The third-order valence-electron chi connectivity index (χ3n) is 4.85. The van der Waals surface area contributed by atoms with Crippen LogP contribution in [0.15, 0.2) is 74.7 Å². The number of Topliss-reactive ketones (excluding diaryl/α,β-unsaturated/α-hetero) is 1. The van der Waals surface area contributed by atoms with Crippen molar-refractivity contribution < 1.29 is 14.3 Å². The molecule has 4 aromatic rings. The highest BCUT2D eigenvalue weighted by atomic mass is 16.4. The van der Waals surface area contributed by atoms with Crippen molar-refractivity contribution in [3.05, 3.63) is 92.6 Å². The number of pyridine rings is 1. The van der Waals surface area contributed by atoms with Crippen molar-refractivity contribution in [2.75, 3.05) is 0 Å². The monoisotopic (exact) mass is 387 g/mol. The molecular weight excluding hydrogens is 370 g/mol. The van der Waals surface area contributed by atoms with Gasteiger partial charge in [0.25, 0.3) is 5.56 Å². The van der Waals surface area contributed by atoms with Gasteiger partial charge in [-0.15, -0.1) is 0 Å². The number of ketones is 1. The average molecular weight is 387 g/mol. The summed E-state index contributed by atoms with van der Waals surface area (Å²) in [5.74, 6) is -1.32. The van der Waals surface area contributed by atoms with Crippen LogP contribution in [0.2, 0.25) is 0 Å². The average Bonchev–Trinajstić information content (AvgIpc) is 2.71. The maximum Gasteiger partial charge on any atom is 0.351 e. The van der Waals surface area contributed by atoms with Crippen LogP contribution in [0.1, 0.15) is 22.8 Å². The van der Waals surface area contributed by atoms with E-state index >= 15 is 0 Å². The smallest absolute Gasteiger partial charge is 0.351 e. The second-order valence-electron chi connectivity index (χ2n) is 6.69. The van der Waals surface area contributed by atoms with Crippen molar-refractivity contribution in [2.24, 2.45) is 0 Å². The summed E-state index contributed by atoms with van der Waals surface area (Å²) in [6.07, 6.45) is 0. The van der Waals surface area contributed by atoms with E-state index in [4.69, 9.17) is 4.42 Å². The van der Waals surface area contributed by atoms with Gasteiger partial charge in [-0.1, -0.05) is 48.5 Å². The van der Waals surface area contributed by atoms with E-state index in [1.165, 1.54) is 4.57 Å². The number of aromatic hydroxyl groups is 1. The Kier molecular flexibility index (Phi) is 4.39. The van der Waals surface area contributed by atoms with Crippen LogP contribution in [-0.2, 0) is 0 Å². The first-order valence-electron chi connectivity index (χ1n) is 8.99. The minimum Gasteiger partial charge on any atom is -0.506 e. The number of hydrogen-bond acceptors (Lipinski definition) is 5. The lowest BCUT2D eigenvalue weighted by Gasteiger charge is -2.18. The maximum atomic E-state index is 13.5. The minimum atomic E-state index is -0.971. The van der Waals surface area contributed by atoms with E-state index in [1.807, 2.05) is 36.4 Å². The highest BCUT2D eigenvalue weighted by Gasteiger charge is 2.25.